The van der Waals surface area contributed by atoms with Crippen molar-refractivity contribution in [3.05, 3.63) is 30.5 Å². The van der Waals surface area contributed by atoms with Crippen molar-refractivity contribution in [2.45, 2.75) is 30.4 Å². The number of carboxylic acid groups (broad SMARTS) is 1. The Morgan fingerprint density at radius 1 is 1.43 bits per heavy atom. The monoisotopic (exact) mass is 338 g/mol. The van der Waals surface area contributed by atoms with E-state index in [1.807, 2.05) is 0 Å². The van der Waals surface area contributed by atoms with E-state index in [0.717, 1.165) is 4.31 Å². The Morgan fingerprint density at radius 3 is 2.87 bits per heavy atom. The summed E-state index contributed by atoms with van der Waals surface area (Å²) in [5, 5.41) is 9.93. The minimum atomic E-state index is -3.93. The molecule has 2 N–H and O–H groups in total. The van der Waals surface area contributed by atoms with Crippen LogP contribution in [-0.2, 0) is 19.6 Å². The first-order chi connectivity index (χ1) is 10.9. The lowest BCUT2D eigenvalue weighted by Gasteiger charge is -2.20. The van der Waals surface area contributed by atoms with E-state index in [2.05, 4.69) is 4.98 Å². The number of H-pyrrole nitrogens is 1. The molecule has 0 aliphatic carbocycles. The zero-order chi connectivity index (χ0) is 16.6. The van der Waals surface area contributed by atoms with Crippen LogP contribution in [0.25, 0.3) is 10.9 Å². The highest BCUT2D eigenvalue weighted by Crippen LogP contribution is 2.31. The zero-order valence-electron chi connectivity index (χ0n) is 12.6. The van der Waals surface area contributed by atoms with Crippen LogP contribution in [0.1, 0.15) is 13.3 Å². The summed E-state index contributed by atoms with van der Waals surface area (Å²) in [5.41, 5.74) is 0.693. The first kappa shape index (κ1) is 16.0. The third-order valence-corrected chi connectivity index (χ3v) is 5.96. The van der Waals surface area contributed by atoms with Gasteiger partial charge in [-0.15, -0.1) is 0 Å². The van der Waals surface area contributed by atoms with Gasteiger partial charge in [0.1, 0.15) is 10.9 Å². The van der Waals surface area contributed by atoms with E-state index in [0.29, 0.717) is 17.5 Å². The SMILES string of the molecule is CCO[C@@H]1C[C@@H](C(=O)O)N(S(=O)(=O)c2c[nH]c3ccccc23)C1. The molecule has 23 heavy (non-hydrogen) atoms. The van der Waals surface area contributed by atoms with Crippen molar-refractivity contribution in [3.8, 4) is 0 Å². The maximum atomic E-state index is 13.0. The number of para-hydroxylation sites is 1. The number of nitrogens with zero attached hydrogens (tertiary/aromatic N) is 1. The van der Waals surface area contributed by atoms with Crippen LogP contribution in [0.3, 0.4) is 0 Å². The number of hydrogen-bond acceptors (Lipinski definition) is 4. The Hall–Kier alpha value is -1.90. The molecule has 1 aromatic heterocycles. The molecule has 1 aromatic carbocycles. The third kappa shape index (κ3) is 2.73. The fourth-order valence-electron chi connectivity index (χ4n) is 3.00. The number of fused-ring (bicyclic) bond motifs is 1. The van der Waals surface area contributed by atoms with Crippen molar-refractivity contribution in [2.24, 2.45) is 0 Å². The molecule has 2 aromatic rings. The molecule has 1 aliphatic rings. The van der Waals surface area contributed by atoms with Crippen LogP contribution in [0.4, 0.5) is 0 Å². The van der Waals surface area contributed by atoms with Gasteiger partial charge in [-0.2, -0.15) is 4.31 Å². The lowest BCUT2D eigenvalue weighted by atomic mass is 10.2. The average molecular weight is 338 g/mol. The number of nitrogens with one attached hydrogen (secondary N) is 1. The van der Waals surface area contributed by atoms with Gasteiger partial charge in [0.05, 0.1) is 6.10 Å². The minimum Gasteiger partial charge on any atom is -0.480 e. The first-order valence-electron chi connectivity index (χ1n) is 7.37. The van der Waals surface area contributed by atoms with Crippen molar-refractivity contribution in [3.63, 3.8) is 0 Å². The minimum absolute atomic E-state index is 0.0483. The second-order valence-electron chi connectivity index (χ2n) is 5.44. The molecule has 0 radical (unpaired) electrons. The first-order valence-corrected chi connectivity index (χ1v) is 8.81. The van der Waals surface area contributed by atoms with Gasteiger partial charge in [-0.3, -0.25) is 4.79 Å². The van der Waals surface area contributed by atoms with E-state index in [-0.39, 0.29) is 17.9 Å². The number of rotatable bonds is 5. The Bertz CT molecular complexity index is 829. The molecular weight excluding hydrogens is 320 g/mol. The topological polar surface area (TPSA) is 99.7 Å². The largest absolute Gasteiger partial charge is 0.480 e. The molecule has 0 spiro atoms. The third-order valence-electron chi connectivity index (χ3n) is 4.04. The number of carbonyl (C=O) groups is 1. The maximum Gasteiger partial charge on any atom is 0.322 e. The van der Waals surface area contributed by atoms with E-state index in [9.17, 15) is 18.3 Å². The number of ether oxygens (including phenoxy) is 1. The molecule has 1 saturated heterocycles. The van der Waals surface area contributed by atoms with Gasteiger partial charge in [-0.25, -0.2) is 8.42 Å². The highest BCUT2D eigenvalue weighted by Gasteiger charge is 2.45. The Morgan fingerprint density at radius 2 is 2.17 bits per heavy atom. The summed E-state index contributed by atoms with van der Waals surface area (Å²) in [6.45, 7) is 2.26. The molecule has 0 saturated carbocycles. The van der Waals surface area contributed by atoms with Gasteiger partial charge in [-0.05, 0) is 13.0 Å². The van der Waals surface area contributed by atoms with Gasteiger partial charge in [0.2, 0.25) is 10.0 Å². The molecular formula is C15H18N2O5S. The zero-order valence-corrected chi connectivity index (χ0v) is 13.4. The Kier molecular flexibility index (Phi) is 4.13. The van der Waals surface area contributed by atoms with Gasteiger partial charge in [0, 0.05) is 36.7 Å². The van der Waals surface area contributed by atoms with Crippen LogP contribution in [0.2, 0.25) is 0 Å². The summed E-state index contributed by atoms with van der Waals surface area (Å²) in [5.74, 6) is -1.16. The van der Waals surface area contributed by atoms with Gasteiger partial charge >= 0.3 is 5.97 Å². The number of sulfonamides is 1. The number of benzene rings is 1. The quantitative estimate of drug-likeness (QED) is 0.859. The Balaban J connectivity index is 2.02. The number of hydrogen-bond donors (Lipinski definition) is 2. The van der Waals surface area contributed by atoms with Crippen LogP contribution in [0.5, 0.6) is 0 Å². The highest BCUT2D eigenvalue weighted by atomic mass is 32.2. The summed E-state index contributed by atoms with van der Waals surface area (Å²) in [7, 11) is -3.93. The average Bonchev–Trinajstić information content (AvgIpc) is 3.12. The molecule has 1 aliphatic heterocycles. The van der Waals surface area contributed by atoms with Crippen LogP contribution in [-0.4, -0.2) is 54.1 Å². The molecule has 0 amide bonds. The van der Waals surface area contributed by atoms with E-state index in [1.54, 1.807) is 31.2 Å². The number of aliphatic carboxylic acids is 1. The second kappa shape index (κ2) is 5.95. The Labute approximate surface area is 133 Å². The van der Waals surface area contributed by atoms with E-state index < -0.39 is 28.1 Å². The molecule has 8 heteroatoms. The van der Waals surface area contributed by atoms with Crippen molar-refractivity contribution < 1.29 is 23.1 Å². The van der Waals surface area contributed by atoms with Crippen molar-refractivity contribution in [1.29, 1.82) is 0 Å². The predicted octanol–water partition coefficient (Wildman–Crippen LogP) is 1.42. The van der Waals surface area contributed by atoms with Crippen LogP contribution < -0.4 is 0 Å². The summed E-state index contributed by atoms with van der Waals surface area (Å²) in [6.07, 6.45) is 1.17. The molecule has 0 unspecified atom stereocenters. The van der Waals surface area contributed by atoms with Gasteiger partial charge < -0.3 is 14.8 Å². The summed E-state index contributed by atoms with van der Waals surface area (Å²) in [6, 6.07) is 5.92. The van der Waals surface area contributed by atoms with Crippen molar-refractivity contribution in [1.82, 2.24) is 9.29 Å². The van der Waals surface area contributed by atoms with E-state index in [4.69, 9.17) is 4.74 Å². The normalized spacial score (nSPS) is 22.7. The van der Waals surface area contributed by atoms with E-state index >= 15 is 0 Å². The molecule has 0 bridgehead atoms. The molecule has 124 valence electrons. The van der Waals surface area contributed by atoms with E-state index in [1.165, 1.54) is 6.20 Å². The summed E-state index contributed by atoms with van der Waals surface area (Å²) in [4.78, 5) is 14.5. The number of aromatic amines is 1. The number of aromatic nitrogens is 1. The summed E-state index contributed by atoms with van der Waals surface area (Å²) < 4.78 is 32.4. The molecule has 2 atom stereocenters. The van der Waals surface area contributed by atoms with Gasteiger partial charge in [-0.1, -0.05) is 18.2 Å². The number of carboxylic acids is 1. The summed E-state index contributed by atoms with van der Waals surface area (Å²) >= 11 is 0. The molecule has 1 fully saturated rings. The maximum absolute atomic E-state index is 13.0. The van der Waals surface area contributed by atoms with Gasteiger partial charge in [0.25, 0.3) is 0 Å². The molecule has 7 nitrogen and oxygen atoms in total. The van der Waals surface area contributed by atoms with Crippen LogP contribution in [0, 0.1) is 0 Å². The lowest BCUT2D eigenvalue weighted by Crippen LogP contribution is -2.40. The predicted molar refractivity (Wildman–Crippen MR) is 83.6 cm³/mol. The molecule has 3 rings (SSSR count). The standard InChI is InChI=1S/C15H18N2O5S/c1-2-22-10-7-13(15(18)19)17(9-10)23(20,21)14-8-16-12-6-4-3-5-11(12)14/h3-6,8,10,13,16H,2,7,9H2,1H3,(H,18,19)/t10-,13+/m1/s1. The van der Waals surface area contributed by atoms with Crippen LogP contribution >= 0.6 is 0 Å². The fourth-order valence-corrected chi connectivity index (χ4v) is 4.79. The fraction of sp³-hybridized carbons (Fsp3) is 0.400. The van der Waals surface area contributed by atoms with Crippen molar-refractivity contribution >= 4 is 26.9 Å². The second-order valence-corrected chi connectivity index (χ2v) is 7.30. The van der Waals surface area contributed by atoms with Crippen LogP contribution in [0.15, 0.2) is 35.4 Å². The molecule has 2 heterocycles. The lowest BCUT2D eigenvalue weighted by molar-refractivity contribution is -0.140. The smallest absolute Gasteiger partial charge is 0.322 e. The van der Waals surface area contributed by atoms with Gasteiger partial charge in [0.15, 0.2) is 0 Å². The highest BCUT2D eigenvalue weighted by molar-refractivity contribution is 7.89. The van der Waals surface area contributed by atoms with Crippen molar-refractivity contribution in [2.75, 3.05) is 13.2 Å².